The standard InChI is InChI=1S/C20H25N3O7S2/c1-13(2)28-17(24)16(22-30-19(25)29-20(3,4)5)15-11-31-18(21-15)23-32(26,27)12-14-9-7-6-8-10-14/h6-11,13H,12H2,1-5H3,(H,21,23). The Kier molecular flexibility index (Phi) is 8.33. The Morgan fingerprint density at radius 2 is 1.84 bits per heavy atom. The van der Waals surface area contributed by atoms with Crippen LogP contribution < -0.4 is 4.72 Å². The molecule has 174 valence electrons. The van der Waals surface area contributed by atoms with Crippen molar-refractivity contribution in [3.63, 3.8) is 0 Å². The number of carbonyl (C=O) groups is 2. The summed E-state index contributed by atoms with van der Waals surface area (Å²) in [4.78, 5) is 33.0. The Bertz CT molecular complexity index is 1070. The SMILES string of the molecule is CC(C)OC(=O)C(=NOC(=O)OC(C)(C)C)c1csc(NS(=O)(=O)Cc2ccccc2)n1. The fourth-order valence-electron chi connectivity index (χ4n) is 2.20. The average Bonchev–Trinajstić information content (AvgIpc) is 3.07. The van der Waals surface area contributed by atoms with E-state index in [1.54, 1.807) is 65.0 Å². The minimum atomic E-state index is -3.75. The molecule has 10 nitrogen and oxygen atoms in total. The molecular weight excluding hydrogens is 458 g/mol. The molecule has 1 N–H and O–H groups in total. The lowest BCUT2D eigenvalue weighted by atomic mass is 10.2. The summed E-state index contributed by atoms with van der Waals surface area (Å²) in [5.74, 6) is -1.14. The van der Waals surface area contributed by atoms with Crippen molar-refractivity contribution in [1.82, 2.24) is 4.98 Å². The summed E-state index contributed by atoms with van der Waals surface area (Å²) in [6.07, 6.45) is -1.59. The molecule has 0 aliphatic carbocycles. The zero-order valence-corrected chi connectivity index (χ0v) is 20.0. The van der Waals surface area contributed by atoms with Crippen molar-refractivity contribution in [2.24, 2.45) is 5.16 Å². The zero-order chi connectivity index (χ0) is 23.9. The predicted molar refractivity (Wildman–Crippen MR) is 120 cm³/mol. The molecular formula is C20H25N3O7S2. The van der Waals surface area contributed by atoms with Crippen molar-refractivity contribution in [2.75, 3.05) is 4.72 Å². The van der Waals surface area contributed by atoms with Crippen molar-refractivity contribution in [3.8, 4) is 0 Å². The first-order chi connectivity index (χ1) is 14.8. The van der Waals surface area contributed by atoms with E-state index >= 15 is 0 Å². The summed E-state index contributed by atoms with van der Waals surface area (Å²) in [7, 11) is -3.75. The van der Waals surface area contributed by atoms with Crippen molar-refractivity contribution >= 4 is 44.3 Å². The van der Waals surface area contributed by atoms with E-state index in [4.69, 9.17) is 9.47 Å². The van der Waals surface area contributed by atoms with Gasteiger partial charge in [-0.05, 0) is 40.2 Å². The second-order valence-electron chi connectivity index (χ2n) is 7.83. The molecule has 0 saturated carbocycles. The molecule has 0 radical (unpaired) electrons. The number of esters is 1. The van der Waals surface area contributed by atoms with Gasteiger partial charge in [0, 0.05) is 5.38 Å². The number of ether oxygens (including phenoxy) is 2. The van der Waals surface area contributed by atoms with Gasteiger partial charge in [0.15, 0.2) is 5.13 Å². The van der Waals surface area contributed by atoms with E-state index in [0.717, 1.165) is 11.3 Å². The van der Waals surface area contributed by atoms with Gasteiger partial charge >= 0.3 is 12.1 Å². The Hall–Kier alpha value is -2.99. The quantitative estimate of drug-likeness (QED) is 0.260. The number of oxime groups is 1. The van der Waals surface area contributed by atoms with Crippen molar-refractivity contribution < 1.29 is 32.3 Å². The minimum Gasteiger partial charge on any atom is -0.458 e. The van der Waals surface area contributed by atoms with Crippen molar-refractivity contribution in [2.45, 2.75) is 52.1 Å². The Balaban J connectivity index is 2.21. The first kappa shape index (κ1) is 25.3. The number of hydrogen-bond acceptors (Lipinski definition) is 10. The molecule has 0 saturated heterocycles. The van der Waals surface area contributed by atoms with E-state index in [0.29, 0.717) is 5.56 Å². The summed E-state index contributed by atoms with van der Waals surface area (Å²) in [6.45, 7) is 8.18. The van der Waals surface area contributed by atoms with E-state index < -0.39 is 39.6 Å². The Morgan fingerprint density at radius 3 is 2.44 bits per heavy atom. The van der Waals surface area contributed by atoms with Gasteiger partial charge < -0.3 is 9.47 Å². The van der Waals surface area contributed by atoms with Gasteiger partial charge in [-0.1, -0.05) is 35.5 Å². The maximum Gasteiger partial charge on any atom is 0.535 e. The van der Waals surface area contributed by atoms with Crippen LogP contribution in [0.2, 0.25) is 0 Å². The maximum absolute atomic E-state index is 12.4. The monoisotopic (exact) mass is 483 g/mol. The van der Waals surface area contributed by atoms with E-state index in [9.17, 15) is 18.0 Å². The van der Waals surface area contributed by atoms with Crippen molar-refractivity contribution in [1.29, 1.82) is 0 Å². The summed E-state index contributed by atoms with van der Waals surface area (Å²) >= 11 is 0.934. The molecule has 2 aromatic rings. The highest BCUT2D eigenvalue weighted by molar-refractivity contribution is 7.92. The number of aromatic nitrogens is 1. The summed E-state index contributed by atoms with van der Waals surface area (Å²) < 4.78 is 37.3. The molecule has 0 aliphatic rings. The van der Waals surface area contributed by atoms with Crippen LogP contribution in [0.25, 0.3) is 0 Å². The minimum absolute atomic E-state index is 0.0123. The first-order valence-electron chi connectivity index (χ1n) is 9.54. The van der Waals surface area contributed by atoms with Crippen LogP contribution in [0.3, 0.4) is 0 Å². The molecule has 0 spiro atoms. The lowest BCUT2D eigenvalue weighted by Crippen LogP contribution is -2.26. The van der Waals surface area contributed by atoms with Crippen LogP contribution in [-0.2, 0) is 34.9 Å². The van der Waals surface area contributed by atoms with Gasteiger partial charge in [0.25, 0.3) is 0 Å². The highest BCUT2D eigenvalue weighted by atomic mass is 32.2. The molecule has 1 aromatic heterocycles. The molecule has 0 aliphatic heterocycles. The van der Waals surface area contributed by atoms with Gasteiger partial charge in [-0.25, -0.2) is 23.0 Å². The molecule has 0 amide bonds. The van der Waals surface area contributed by atoms with Gasteiger partial charge in [-0.2, -0.15) is 0 Å². The number of rotatable bonds is 8. The third kappa shape index (κ3) is 8.63. The van der Waals surface area contributed by atoms with Crippen molar-refractivity contribution in [3.05, 3.63) is 47.0 Å². The molecule has 1 aromatic carbocycles. The van der Waals surface area contributed by atoms with Gasteiger partial charge in [-0.15, -0.1) is 11.3 Å². The van der Waals surface area contributed by atoms with Gasteiger partial charge in [0.05, 0.1) is 11.9 Å². The number of nitrogens with one attached hydrogen (secondary N) is 1. The van der Waals surface area contributed by atoms with Gasteiger partial charge in [-0.3, -0.25) is 9.56 Å². The molecule has 0 atom stereocenters. The number of nitrogens with zero attached hydrogens (tertiary/aromatic N) is 2. The number of hydrogen-bond donors (Lipinski definition) is 1. The zero-order valence-electron chi connectivity index (χ0n) is 18.3. The van der Waals surface area contributed by atoms with E-state index in [2.05, 4.69) is 19.7 Å². The number of thiazole rings is 1. The second-order valence-corrected chi connectivity index (χ2v) is 10.4. The third-order valence-corrected chi connectivity index (χ3v) is 5.43. The van der Waals surface area contributed by atoms with Crippen LogP contribution in [0.15, 0.2) is 40.9 Å². The van der Waals surface area contributed by atoms with E-state index in [-0.39, 0.29) is 16.6 Å². The number of benzene rings is 1. The van der Waals surface area contributed by atoms with Crippen LogP contribution in [-0.4, -0.2) is 42.9 Å². The van der Waals surface area contributed by atoms with Crippen LogP contribution in [0, 0.1) is 0 Å². The van der Waals surface area contributed by atoms with Crippen LogP contribution in [0.4, 0.5) is 9.93 Å². The highest BCUT2D eigenvalue weighted by Gasteiger charge is 2.25. The summed E-state index contributed by atoms with van der Waals surface area (Å²) in [6, 6.07) is 8.63. The Labute approximate surface area is 190 Å². The maximum atomic E-state index is 12.4. The third-order valence-electron chi connectivity index (χ3n) is 3.33. The molecule has 0 unspecified atom stereocenters. The highest BCUT2D eigenvalue weighted by Crippen LogP contribution is 2.20. The predicted octanol–water partition coefficient (Wildman–Crippen LogP) is 3.69. The Morgan fingerprint density at radius 1 is 1.19 bits per heavy atom. The lowest BCUT2D eigenvalue weighted by molar-refractivity contribution is -0.139. The number of anilines is 1. The van der Waals surface area contributed by atoms with E-state index in [1.807, 2.05) is 0 Å². The largest absolute Gasteiger partial charge is 0.535 e. The summed E-state index contributed by atoms with van der Waals surface area (Å²) in [5.41, 5.74) is -0.656. The normalized spacial score (nSPS) is 12.4. The fraction of sp³-hybridized carbons (Fsp3) is 0.400. The molecule has 32 heavy (non-hydrogen) atoms. The topological polar surface area (TPSA) is 133 Å². The van der Waals surface area contributed by atoms with Crippen LogP contribution in [0.1, 0.15) is 45.9 Å². The molecule has 2 rings (SSSR count). The fourth-order valence-corrected chi connectivity index (χ4v) is 4.33. The smallest absolute Gasteiger partial charge is 0.458 e. The average molecular weight is 484 g/mol. The van der Waals surface area contributed by atoms with Crippen LogP contribution >= 0.6 is 11.3 Å². The molecule has 0 bridgehead atoms. The number of carbonyl (C=O) groups excluding carboxylic acids is 2. The van der Waals surface area contributed by atoms with E-state index in [1.165, 1.54) is 5.38 Å². The summed E-state index contributed by atoms with van der Waals surface area (Å²) in [5, 5.41) is 4.94. The number of sulfonamides is 1. The molecule has 1 heterocycles. The molecule has 12 heteroatoms. The first-order valence-corrected chi connectivity index (χ1v) is 12.1. The lowest BCUT2D eigenvalue weighted by Gasteiger charge is -2.17. The second kappa shape index (κ2) is 10.6. The van der Waals surface area contributed by atoms with Gasteiger partial charge in [0.1, 0.15) is 11.3 Å². The van der Waals surface area contributed by atoms with Crippen LogP contribution in [0.5, 0.6) is 0 Å². The molecule has 0 fully saturated rings. The van der Waals surface area contributed by atoms with Gasteiger partial charge in [0.2, 0.25) is 15.7 Å².